The van der Waals surface area contributed by atoms with Crippen molar-refractivity contribution in [1.82, 2.24) is 20.3 Å². The van der Waals surface area contributed by atoms with Crippen LogP contribution in [-0.4, -0.2) is 20.9 Å². The van der Waals surface area contributed by atoms with Gasteiger partial charge >= 0.3 is 5.69 Å². The molecule has 0 aromatic carbocycles. The van der Waals surface area contributed by atoms with Crippen molar-refractivity contribution in [2.75, 3.05) is 0 Å². The number of amides is 1. The highest BCUT2D eigenvalue weighted by molar-refractivity contribution is 5.76. The van der Waals surface area contributed by atoms with Gasteiger partial charge in [0.25, 0.3) is 5.56 Å². The van der Waals surface area contributed by atoms with Crippen molar-refractivity contribution in [3.63, 3.8) is 0 Å². The van der Waals surface area contributed by atoms with Crippen LogP contribution in [0.25, 0.3) is 0 Å². The molecular formula is C14H16N4O3. The Kier molecular flexibility index (Phi) is 4.65. The highest BCUT2D eigenvalue weighted by Gasteiger charge is 2.09. The van der Waals surface area contributed by atoms with Gasteiger partial charge in [-0.3, -0.25) is 19.6 Å². The predicted molar refractivity (Wildman–Crippen MR) is 76.8 cm³/mol. The molecule has 0 saturated carbocycles. The van der Waals surface area contributed by atoms with Crippen molar-refractivity contribution >= 4 is 5.91 Å². The van der Waals surface area contributed by atoms with E-state index in [9.17, 15) is 14.4 Å². The smallest absolute Gasteiger partial charge is 0.325 e. The third-order valence-electron chi connectivity index (χ3n) is 3.07. The summed E-state index contributed by atoms with van der Waals surface area (Å²) in [4.78, 5) is 43.1. The molecule has 2 heterocycles. The number of rotatable bonds is 5. The Bertz CT molecular complexity index is 734. The molecule has 1 amide bonds. The minimum atomic E-state index is -0.540. The molecule has 0 aliphatic carbocycles. The quantitative estimate of drug-likeness (QED) is 0.720. The summed E-state index contributed by atoms with van der Waals surface area (Å²) >= 11 is 0. The van der Waals surface area contributed by atoms with E-state index >= 15 is 0 Å². The number of aryl methyl sites for hydroxylation is 1. The van der Waals surface area contributed by atoms with E-state index in [2.05, 4.69) is 20.3 Å². The summed E-state index contributed by atoms with van der Waals surface area (Å²) < 4.78 is 0. The number of aromatic amines is 2. The Morgan fingerprint density at radius 2 is 2.14 bits per heavy atom. The van der Waals surface area contributed by atoms with Gasteiger partial charge in [0.15, 0.2) is 0 Å². The van der Waals surface area contributed by atoms with Gasteiger partial charge in [-0.1, -0.05) is 6.07 Å². The van der Waals surface area contributed by atoms with Crippen LogP contribution in [0.4, 0.5) is 0 Å². The van der Waals surface area contributed by atoms with E-state index in [1.807, 2.05) is 6.07 Å². The summed E-state index contributed by atoms with van der Waals surface area (Å²) in [5, 5.41) is 2.76. The van der Waals surface area contributed by atoms with Gasteiger partial charge in [-0.25, -0.2) is 4.79 Å². The van der Waals surface area contributed by atoms with Crippen LogP contribution in [-0.2, 0) is 17.8 Å². The molecule has 2 aromatic rings. The standard InChI is InChI=1S/C14H16N4O3/c1-9-11(13(20)18-14(21)17-9)4-5-12(19)16-8-10-3-2-6-15-7-10/h2-3,6-7H,4-5,8H2,1H3,(H,16,19)(H2,17,18,20,21). The minimum absolute atomic E-state index is 0.163. The van der Waals surface area contributed by atoms with Crippen molar-refractivity contribution < 1.29 is 4.79 Å². The fourth-order valence-electron chi connectivity index (χ4n) is 1.96. The molecule has 2 aromatic heterocycles. The molecular weight excluding hydrogens is 272 g/mol. The van der Waals surface area contributed by atoms with Gasteiger partial charge in [-0.2, -0.15) is 0 Å². The molecule has 21 heavy (non-hydrogen) atoms. The Labute approximate surface area is 120 Å². The Hall–Kier alpha value is -2.70. The fourth-order valence-corrected chi connectivity index (χ4v) is 1.96. The van der Waals surface area contributed by atoms with E-state index in [4.69, 9.17) is 0 Å². The van der Waals surface area contributed by atoms with Crippen LogP contribution in [0.5, 0.6) is 0 Å². The van der Waals surface area contributed by atoms with Crippen molar-refractivity contribution in [1.29, 1.82) is 0 Å². The number of H-pyrrole nitrogens is 2. The first kappa shape index (κ1) is 14.7. The summed E-state index contributed by atoms with van der Waals surface area (Å²) in [6.45, 7) is 2.03. The zero-order chi connectivity index (χ0) is 15.2. The maximum Gasteiger partial charge on any atom is 0.325 e. The molecule has 110 valence electrons. The summed E-state index contributed by atoms with van der Waals surface area (Å²) in [6.07, 6.45) is 3.79. The Morgan fingerprint density at radius 1 is 1.33 bits per heavy atom. The maximum absolute atomic E-state index is 11.8. The number of pyridine rings is 1. The van der Waals surface area contributed by atoms with E-state index in [1.54, 1.807) is 25.4 Å². The van der Waals surface area contributed by atoms with Crippen molar-refractivity contribution in [3.05, 3.63) is 62.2 Å². The van der Waals surface area contributed by atoms with E-state index in [1.165, 1.54) is 0 Å². The van der Waals surface area contributed by atoms with Gasteiger partial charge in [-0.15, -0.1) is 0 Å². The lowest BCUT2D eigenvalue weighted by Gasteiger charge is -2.06. The van der Waals surface area contributed by atoms with Crippen molar-refractivity contribution in [2.24, 2.45) is 0 Å². The molecule has 7 nitrogen and oxygen atoms in total. The van der Waals surface area contributed by atoms with Crippen molar-refractivity contribution in [3.8, 4) is 0 Å². The molecule has 0 radical (unpaired) electrons. The normalized spacial score (nSPS) is 10.3. The molecule has 0 saturated heterocycles. The van der Waals surface area contributed by atoms with Crippen molar-refractivity contribution in [2.45, 2.75) is 26.3 Å². The van der Waals surface area contributed by atoms with E-state index in [0.29, 0.717) is 17.8 Å². The summed E-state index contributed by atoms with van der Waals surface area (Å²) in [7, 11) is 0. The molecule has 2 rings (SSSR count). The average molecular weight is 288 g/mol. The molecule has 0 spiro atoms. The summed E-state index contributed by atoms with van der Waals surface area (Å²) in [6, 6.07) is 3.66. The molecule has 0 atom stereocenters. The van der Waals surface area contributed by atoms with Gasteiger partial charge < -0.3 is 10.3 Å². The van der Waals surface area contributed by atoms with Gasteiger partial charge in [-0.05, 0) is 25.0 Å². The number of carbonyl (C=O) groups excluding carboxylic acids is 1. The lowest BCUT2D eigenvalue weighted by molar-refractivity contribution is -0.121. The zero-order valence-corrected chi connectivity index (χ0v) is 11.6. The third-order valence-corrected chi connectivity index (χ3v) is 3.07. The highest BCUT2D eigenvalue weighted by Crippen LogP contribution is 2.00. The lowest BCUT2D eigenvalue weighted by atomic mass is 10.1. The van der Waals surface area contributed by atoms with E-state index < -0.39 is 11.2 Å². The molecule has 3 N–H and O–H groups in total. The second-order valence-electron chi connectivity index (χ2n) is 4.65. The number of carbonyl (C=O) groups is 1. The predicted octanol–water partition coefficient (Wildman–Crippen LogP) is 0.0156. The van der Waals surface area contributed by atoms with E-state index in [0.717, 1.165) is 5.56 Å². The lowest BCUT2D eigenvalue weighted by Crippen LogP contribution is -2.29. The van der Waals surface area contributed by atoms with Crippen LogP contribution < -0.4 is 16.6 Å². The first-order valence-corrected chi connectivity index (χ1v) is 6.54. The number of nitrogens with one attached hydrogen (secondary N) is 3. The number of nitrogens with zero attached hydrogens (tertiary/aromatic N) is 1. The van der Waals surface area contributed by atoms with Gasteiger partial charge in [0.1, 0.15) is 0 Å². The third kappa shape index (κ3) is 4.13. The maximum atomic E-state index is 11.8. The minimum Gasteiger partial charge on any atom is -0.352 e. The number of aromatic nitrogens is 3. The van der Waals surface area contributed by atoms with Gasteiger partial charge in [0, 0.05) is 36.6 Å². The fraction of sp³-hybridized carbons (Fsp3) is 0.286. The summed E-state index contributed by atoms with van der Waals surface area (Å²) in [5.41, 5.74) is 0.831. The topological polar surface area (TPSA) is 108 Å². The highest BCUT2D eigenvalue weighted by atomic mass is 16.2. The molecule has 7 heteroatoms. The van der Waals surface area contributed by atoms with Crippen LogP contribution in [0.15, 0.2) is 34.1 Å². The van der Waals surface area contributed by atoms with Crippen LogP contribution in [0, 0.1) is 6.92 Å². The SMILES string of the molecule is Cc1[nH]c(=O)[nH]c(=O)c1CCC(=O)NCc1cccnc1. The van der Waals surface area contributed by atoms with Crippen LogP contribution >= 0.6 is 0 Å². The van der Waals surface area contributed by atoms with Crippen LogP contribution in [0.3, 0.4) is 0 Å². The second-order valence-corrected chi connectivity index (χ2v) is 4.65. The molecule has 0 fully saturated rings. The zero-order valence-electron chi connectivity index (χ0n) is 11.6. The van der Waals surface area contributed by atoms with Crippen LogP contribution in [0.1, 0.15) is 23.2 Å². The summed E-state index contributed by atoms with van der Waals surface area (Å²) in [5.74, 6) is -0.163. The molecule has 0 bridgehead atoms. The van der Waals surface area contributed by atoms with E-state index in [-0.39, 0.29) is 18.7 Å². The van der Waals surface area contributed by atoms with Gasteiger partial charge in [0.05, 0.1) is 0 Å². The monoisotopic (exact) mass is 288 g/mol. The molecule has 0 unspecified atom stereocenters. The first-order valence-electron chi connectivity index (χ1n) is 6.54. The van der Waals surface area contributed by atoms with Crippen LogP contribution in [0.2, 0.25) is 0 Å². The molecule has 0 aliphatic heterocycles. The number of hydrogen-bond acceptors (Lipinski definition) is 4. The largest absolute Gasteiger partial charge is 0.352 e. The Balaban J connectivity index is 1.90. The second kappa shape index (κ2) is 6.65. The molecule has 0 aliphatic rings. The average Bonchev–Trinajstić information content (AvgIpc) is 2.45. The first-order chi connectivity index (χ1) is 10.1. The van der Waals surface area contributed by atoms with Gasteiger partial charge in [0.2, 0.25) is 5.91 Å². The number of hydrogen-bond donors (Lipinski definition) is 3. The Morgan fingerprint density at radius 3 is 2.81 bits per heavy atom.